The van der Waals surface area contributed by atoms with Gasteiger partial charge < -0.3 is 15.2 Å². The van der Waals surface area contributed by atoms with E-state index in [4.69, 9.17) is 4.74 Å². The van der Waals surface area contributed by atoms with Crippen LogP contribution >= 0.6 is 12.4 Å². The molecule has 0 saturated carbocycles. The molecule has 0 aromatic carbocycles. The second-order valence-electron chi connectivity index (χ2n) is 3.63. The maximum atomic E-state index is 9.72. The maximum Gasteiger partial charge on any atom is 0.0744 e. The zero-order valence-electron chi connectivity index (χ0n) is 7.08. The van der Waals surface area contributed by atoms with Crippen LogP contribution in [-0.4, -0.2) is 37.5 Å². The largest absolute Gasteiger partial charge is 0.391 e. The van der Waals surface area contributed by atoms with E-state index in [-0.39, 0.29) is 23.9 Å². The molecule has 0 aromatic rings. The van der Waals surface area contributed by atoms with Crippen LogP contribution in [0.4, 0.5) is 0 Å². The first kappa shape index (κ1) is 10.3. The van der Waals surface area contributed by atoms with Crippen LogP contribution in [0.2, 0.25) is 0 Å². The first-order chi connectivity index (χ1) is 5.33. The van der Waals surface area contributed by atoms with Gasteiger partial charge in [-0.25, -0.2) is 0 Å². The summed E-state index contributed by atoms with van der Waals surface area (Å²) in [5.74, 6) is 0. The van der Waals surface area contributed by atoms with Crippen molar-refractivity contribution >= 4 is 12.4 Å². The molecule has 0 aliphatic carbocycles. The minimum absolute atomic E-state index is 0. The van der Waals surface area contributed by atoms with Crippen LogP contribution in [0.3, 0.4) is 0 Å². The van der Waals surface area contributed by atoms with E-state index in [1.54, 1.807) is 0 Å². The molecule has 2 fully saturated rings. The number of piperidine rings is 1. The molecule has 2 atom stereocenters. The average Bonchev–Trinajstić information content (AvgIpc) is 2.46. The van der Waals surface area contributed by atoms with Gasteiger partial charge >= 0.3 is 0 Å². The lowest BCUT2D eigenvalue weighted by Crippen LogP contribution is -2.49. The fourth-order valence-corrected chi connectivity index (χ4v) is 2.04. The molecule has 12 heavy (non-hydrogen) atoms. The summed E-state index contributed by atoms with van der Waals surface area (Å²) in [6.45, 7) is 3.36. The van der Waals surface area contributed by atoms with Crippen molar-refractivity contribution in [2.24, 2.45) is 5.41 Å². The molecular weight excluding hydrogens is 178 g/mol. The number of rotatable bonds is 0. The van der Waals surface area contributed by atoms with Gasteiger partial charge in [-0.1, -0.05) is 0 Å². The van der Waals surface area contributed by atoms with Gasteiger partial charge in [0.1, 0.15) is 0 Å². The van der Waals surface area contributed by atoms with Crippen molar-refractivity contribution in [3.63, 3.8) is 0 Å². The Morgan fingerprint density at radius 2 is 2.25 bits per heavy atom. The highest BCUT2D eigenvalue weighted by Gasteiger charge is 2.42. The third kappa shape index (κ3) is 1.59. The van der Waals surface area contributed by atoms with Crippen molar-refractivity contribution in [1.82, 2.24) is 5.32 Å². The Labute approximate surface area is 78.9 Å². The van der Waals surface area contributed by atoms with E-state index in [9.17, 15) is 5.11 Å². The molecule has 3 nitrogen and oxygen atoms in total. The summed E-state index contributed by atoms with van der Waals surface area (Å²) >= 11 is 0. The lowest BCUT2D eigenvalue weighted by atomic mass is 9.76. The van der Waals surface area contributed by atoms with E-state index >= 15 is 0 Å². The molecule has 0 amide bonds. The van der Waals surface area contributed by atoms with Crippen LogP contribution in [0.25, 0.3) is 0 Å². The van der Waals surface area contributed by atoms with Crippen LogP contribution < -0.4 is 5.32 Å². The maximum absolute atomic E-state index is 9.72. The van der Waals surface area contributed by atoms with Crippen molar-refractivity contribution in [1.29, 1.82) is 0 Å². The van der Waals surface area contributed by atoms with Gasteiger partial charge in [0.05, 0.1) is 12.7 Å². The Balaban J connectivity index is 0.000000720. The Morgan fingerprint density at radius 3 is 2.83 bits per heavy atom. The zero-order chi connectivity index (χ0) is 7.73. The molecule has 2 unspecified atom stereocenters. The Bertz CT molecular complexity index is 148. The fourth-order valence-electron chi connectivity index (χ4n) is 2.04. The number of hydrogen-bond donors (Lipinski definition) is 2. The Hall–Kier alpha value is 0.170. The van der Waals surface area contributed by atoms with Crippen LogP contribution in [0.5, 0.6) is 0 Å². The highest BCUT2D eigenvalue weighted by molar-refractivity contribution is 5.85. The third-order valence-corrected chi connectivity index (χ3v) is 2.98. The number of β-amino-alcohol motifs (C(OH)–C–C–N with tert-alkyl or cyclic N) is 1. The number of halogens is 1. The van der Waals surface area contributed by atoms with E-state index < -0.39 is 0 Å². The monoisotopic (exact) mass is 193 g/mol. The fraction of sp³-hybridized carbons (Fsp3) is 1.00. The van der Waals surface area contributed by atoms with Gasteiger partial charge in [0.2, 0.25) is 0 Å². The minimum atomic E-state index is -0.196. The minimum Gasteiger partial charge on any atom is -0.391 e. The standard InChI is InChI=1S/C8H15NO2.ClH/c10-7-5-9-3-1-8(7)2-4-11-6-8;/h7,9-10H,1-6H2;1H. The van der Waals surface area contributed by atoms with E-state index in [2.05, 4.69) is 5.32 Å². The second kappa shape index (κ2) is 3.92. The lowest BCUT2D eigenvalue weighted by Gasteiger charge is -2.37. The van der Waals surface area contributed by atoms with Gasteiger partial charge in [-0.05, 0) is 19.4 Å². The summed E-state index contributed by atoms with van der Waals surface area (Å²) in [6, 6.07) is 0. The normalized spacial score (nSPS) is 41.2. The van der Waals surface area contributed by atoms with Crippen LogP contribution in [0.15, 0.2) is 0 Å². The molecule has 0 aromatic heterocycles. The SMILES string of the molecule is Cl.OC1CNCCC12CCOC2. The lowest BCUT2D eigenvalue weighted by molar-refractivity contribution is -0.00739. The molecule has 0 bridgehead atoms. The molecule has 2 aliphatic rings. The van der Waals surface area contributed by atoms with Crippen molar-refractivity contribution in [2.45, 2.75) is 18.9 Å². The summed E-state index contributed by atoms with van der Waals surface area (Å²) in [7, 11) is 0. The molecule has 4 heteroatoms. The summed E-state index contributed by atoms with van der Waals surface area (Å²) in [6.07, 6.45) is 1.91. The number of aliphatic hydroxyl groups is 1. The summed E-state index contributed by atoms with van der Waals surface area (Å²) in [4.78, 5) is 0. The van der Waals surface area contributed by atoms with Crippen molar-refractivity contribution in [2.75, 3.05) is 26.3 Å². The second-order valence-corrected chi connectivity index (χ2v) is 3.63. The third-order valence-electron chi connectivity index (χ3n) is 2.98. The van der Waals surface area contributed by atoms with Crippen LogP contribution in [0, 0.1) is 5.41 Å². The van der Waals surface area contributed by atoms with E-state index in [0.717, 1.165) is 39.1 Å². The zero-order valence-corrected chi connectivity index (χ0v) is 7.90. The van der Waals surface area contributed by atoms with Gasteiger partial charge in [-0.3, -0.25) is 0 Å². The van der Waals surface area contributed by atoms with Gasteiger partial charge in [-0.2, -0.15) is 0 Å². The molecule has 72 valence electrons. The molecule has 2 heterocycles. The number of hydrogen-bond acceptors (Lipinski definition) is 3. The van der Waals surface area contributed by atoms with Crippen molar-refractivity contribution in [3.8, 4) is 0 Å². The van der Waals surface area contributed by atoms with Crippen LogP contribution in [0.1, 0.15) is 12.8 Å². The van der Waals surface area contributed by atoms with Crippen molar-refractivity contribution < 1.29 is 9.84 Å². The smallest absolute Gasteiger partial charge is 0.0744 e. The molecule has 2 aliphatic heterocycles. The van der Waals surface area contributed by atoms with Gasteiger partial charge in [0.15, 0.2) is 0 Å². The predicted molar refractivity (Wildman–Crippen MR) is 48.6 cm³/mol. The Morgan fingerprint density at radius 1 is 1.42 bits per heavy atom. The molecule has 2 saturated heterocycles. The quantitative estimate of drug-likeness (QED) is 0.577. The molecule has 0 radical (unpaired) electrons. The van der Waals surface area contributed by atoms with Crippen molar-refractivity contribution in [3.05, 3.63) is 0 Å². The van der Waals surface area contributed by atoms with E-state index in [1.807, 2.05) is 0 Å². The summed E-state index contributed by atoms with van der Waals surface area (Å²) in [5.41, 5.74) is 0.102. The van der Waals surface area contributed by atoms with Gasteiger partial charge in [0.25, 0.3) is 0 Å². The van der Waals surface area contributed by atoms with Gasteiger partial charge in [-0.15, -0.1) is 12.4 Å². The first-order valence-corrected chi connectivity index (χ1v) is 4.30. The molecule has 1 spiro atoms. The van der Waals surface area contributed by atoms with E-state index in [1.165, 1.54) is 0 Å². The highest BCUT2D eigenvalue weighted by Crippen LogP contribution is 2.37. The summed E-state index contributed by atoms with van der Waals surface area (Å²) in [5, 5.41) is 12.9. The van der Waals surface area contributed by atoms with Crippen LogP contribution in [-0.2, 0) is 4.74 Å². The summed E-state index contributed by atoms with van der Waals surface area (Å²) < 4.78 is 5.32. The molecular formula is C8H16ClNO2. The topological polar surface area (TPSA) is 41.5 Å². The predicted octanol–water partition coefficient (Wildman–Crippen LogP) is 0.169. The first-order valence-electron chi connectivity index (χ1n) is 4.30. The van der Waals surface area contributed by atoms with E-state index in [0.29, 0.717) is 0 Å². The number of aliphatic hydroxyl groups excluding tert-OH is 1. The number of nitrogens with one attached hydrogen (secondary N) is 1. The van der Waals surface area contributed by atoms with Gasteiger partial charge in [0, 0.05) is 18.6 Å². The average molecular weight is 194 g/mol. The Kier molecular flexibility index (Phi) is 3.35. The highest BCUT2D eigenvalue weighted by atomic mass is 35.5. The molecule has 2 rings (SSSR count). The molecule has 2 N–H and O–H groups in total. The number of ether oxygens (including phenoxy) is 1.